The lowest BCUT2D eigenvalue weighted by Crippen LogP contribution is -2.24. The summed E-state index contributed by atoms with van der Waals surface area (Å²) in [7, 11) is 0. The molecule has 22 heavy (non-hydrogen) atoms. The fourth-order valence-electron chi connectivity index (χ4n) is 1.99. The molecule has 0 radical (unpaired) electrons. The zero-order valence-electron chi connectivity index (χ0n) is 12.8. The lowest BCUT2D eigenvalue weighted by atomic mass is 10.2. The minimum atomic E-state index is -0.662. The Hall–Kier alpha value is -1.14. The summed E-state index contributed by atoms with van der Waals surface area (Å²) < 4.78 is 7.07. The summed E-state index contributed by atoms with van der Waals surface area (Å²) in [6.07, 6.45) is -0.591. The minimum Gasteiger partial charge on any atom is -0.389 e. The minimum absolute atomic E-state index is 0.0710. The third-order valence-corrected chi connectivity index (χ3v) is 3.70. The molecule has 2 rings (SSSR count). The van der Waals surface area contributed by atoms with Gasteiger partial charge >= 0.3 is 0 Å². The van der Waals surface area contributed by atoms with E-state index in [-0.39, 0.29) is 12.7 Å². The van der Waals surface area contributed by atoms with Crippen molar-refractivity contribution in [2.24, 2.45) is 0 Å². The molecule has 0 bridgehead atoms. The van der Waals surface area contributed by atoms with Gasteiger partial charge in [-0.25, -0.2) is 9.67 Å². The fourth-order valence-corrected chi connectivity index (χ4v) is 2.29. The summed E-state index contributed by atoms with van der Waals surface area (Å²) in [6.45, 7) is 6.19. The highest BCUT2D eigenvalue weighted by Crippen LogP contribution is 2.27. The van der Waals surface area contributed by atoms with Crippen molar-refractivity contribution in [1.82, 2.24) is 14.8 Å². The van der Waals surface area contributed by atoms with Crippen LogP contribution in [0.4, 0.5) is 0 Å². The molecule has 1 heterocycles. The number of benzene rings is 1. The second-order valence-electron chi connectivity index (χ2n) is 5.33. The molecule has 1 N–H and O–H groups in total. The first kappa shape index (κ1) is 17.2. The van der Waals surface area contributed by atoms with E-state index in [2.05, 4.69) is 10.1 Å². The topological polar surface area (TPSA) is 60.2 Å². The van der Waals surface area contributed by atoms with E-state index >= 15 is 0 Å². The molecule has 7 heteroatoms. The van der Waals surface area contributed by atoms with Crippen molar-refractivity contribution in [2.45, 2.75) is 39.5 Å². The van der Waals surface area contributed by atoms with Gasteiger partial charge in [0.1, 0.15) is 5.82 Å². The second kappa shape index (κ2) is 7.42. The van der Waals surface area contributed by atoms with E-state index in [9.17, 15) is 5.11 Å². The largest absolute Gasteiger partial charge is 0.389 e. The highest BCUT2D eigenvalue weighted by molar-refractivity contribution is 6.42. The van der Waals surface area contributed by atoms with E-state index in [1.807, 2.05) is 19.9 Å². The third kappa shape index (κ3) is 4.43. The van der Waals surface area contributed by atoms with Crippen molar-refractivity contribution in [3.05, 3.63) is 34.1 Å². The molecular weight excluding hydrogens is 325 g/mol. The van der Waals surface area contributed by atoms with Crippen molar-refractivity contribution in [3.63, 3.8) is 0 Å². The van der Waals surface area contributed by atoms with Gasteiger partial charge in [0.05, 0.1) is 35.4 Å². The third-order valence-electron chi connectivity index (χ3n) is 2.96. The van der Waals surface area contributed by atoms with Gasteiger partial charge in [-0.2, -0.15) is 5.10 Å². The Morgan fingerprint density at radius 1 is 1.27 bits per heavy atom. The molecule has 0 saturated carbocycles. The van der Waals surface area contributed by atoms with Crippen molar-refractivity contribution < 1.29 is 9.84 Å². The van der Waals surface area contributed by atoms with Crippen LogP contribution < -0.4 is 0 Å². The molecule has 0 aliphatic heterocycles. The molecule has 1 unspecified atom stereocenters. The van der Waals surface area contributed by atoms with Crippen molar-refractivity contribution in [1.29, 1.82) is 0 Å². The first-order chi connectivity index (χ1) is 10.4. The van der Waals surface area contributed by atoms with Gasteiger partial charge in [0.25, 0.3) is 0 Å². The fraction of sp³-hybridized carbons (Fsp3) is 0.467. The summed E-state index contributed by atoms with van der Waals surface area (Å²) in [4.78, 5) is 4.40. The first-order valence-corrected chi connectivity index (χ1v) is 7.79. The Kier molecular flexibility index (Phi) is 5.81. The van der Waals surface area contributed by atoms with Crippen LogP contribution in [0.3, 0.4) is 0 Å². The van der Waals surface area contributed by atoms with E-state index in [1.165, 1.54) is 0 Å². The number of hydrogen-bond acceptors (Lipinski definition) is 4. The molecule has 0 aliphatic rings. The van der Waals surface area contributed by atoms with Crippen molar-refractivity contribution in [3.8, 4) is 11.4 Å². The average molecular weight is 344 g/mol. The van der Waals surface area contributed by atoms with Crippen LogP contribution in [0, 0.1) is 6.92 Å². The number of nitrogens with zero attached hydrogens (tertiary/aromatic N) is 3. The Bertz CT molecular complexity index is 644. The smallest absolute Gasteiger partial charge is 0.158 e. The van der Waals surface area contributed by atoms with Crippen LogP contribution >= 0.6 is 23.2 Å². The monoisotopic (exact) mass is 343 g/mol. The number of aliphatic hydroxyl groups excluding tert-OH is 1. The van der Waals surface area contributed by atoms with Gasteiger partial charge in [-0.05, 0) is 39.0 Å². The Balaban J connectivity index is 2.21. The van der Waals surface area contributed by atoms with Crippen molar-refractivity contribution in [2.75, 3.05) is 6.61 Å². The van der Waals surface area contributed by atoms with Crippen LogP contribution in [0.1, 0.15) is 19.7 Å². The highest BCUT2D eigenvalue weighted by Gasteiger charge is 2.15. The summed E-state index contributed by atoms with van der Waals surface area (Å²) in [5.74, 6) is 1.26. The lowest BCUT2D eigenvalue weighted by molar-refractivity contribution is -0.00187. The second-order valence-corrected chi connectivity index (χ2v) is 6.14. The summed E-state index contributed by atoms with van der Waals surface area (Å²) in [5.41, 5.74) is 0.798. The van der Waals surface area contributed by atoms with Crippen LogP contribution in [0.25, 0.3) is 11.4 Å². The highest BCUT2D eigenvalue weighted by atomic mass is 35.5. The maximum Gasteiger partial charge on any atom is 0.158 e. The SMILES string of the molecule is Cc1nc(-c2ccc(Cl)c(Cl)c2)n(CC(O)COC(C)C)n1. The molecule has 5 nitrogen and oxygen atoms in total. The van der Waals surface area contributed by atoms with Gasteiger partial charge in [0.2, 0.25) is 0 Å². The zero-order valence-corrected chi connectivity index (χ0v) is 14.3. The predicted octanol–water partition coefficient (Wildman–Crippen LogP) is 3.35. The summed E-state index contributed by atoms with van der Waals surface area (Å²) in [5, 5.41) is 15.3. The van der Waals surface area contributed by atoms with E-state index in [4.69, 9.17) is 27.9 Å². The van der Waals surface area contributed by atoms with E-state index in [1.54, 1.807) is 23.7 Å². The van der Waals surface area contributed by atoms with Gasteiger partial charge in [-0.15, -0.1) is 0 Å². The number of aromatic nitrogens is 3. The Morgan fingerprint density at radius 3 is 2.64 bits per heavy atom. The number of aliphatic hydroxyl groups is 1. The van der Waals surface area contributed by atoms with Gasteiger partial charge in [-0.1, -0.05) is 23.2 Å². The van der Waals surface area contributed by atoms with Gasteiger partial charge in [0.15, 0.2) is 5.82 Å². The van der Waals surface area contributed by atoms with Crippen LogP contribution in [0.5, 0.6) is 0 Å². The van der Waals surface area contributed by atoms with E-state index in [0.717, 1.165) is 5.56 Å². The molecule has 1 atom stereocenters. The predicted molar refractivity (Wildman–Crippen MR) is 87.3 cm³/mol. The quantitative estimate of drug-likeness (QED) is 0.873. The van der Waals surface area contributed by atoms with Gasteiger partial charge in [-0.3, -0.25) is 0 Å². The molecular formula is C15H19Cl2N3O2. The number of hydrogen-bond donors (Lipinski definition) is 1. The number of halogens is 2. The normalized spacial score (nSPS) is 12.9. The summed E-state index contributed by atoms with van der Waals surface area (Å²) in [6, 6.07) is 5.28. The molecule has 0 saturated heterocycles. The van der Waals surface area contributed by atoms with E-state index < -0.39 is 6.10 Å². The van der Waals surface area contributed by atoms with Crippen LogP contribution in [0.15, 0.2) is 18.2 Å². The molecule has 120 valence electrons. The van der Waals surface area contributed by atoms with Crippen LogP contribution in [-0.4, -0.2) is 38.7 Å². The van der Waals surface area contributed by atoms with E-state index in [0.29, 0.717) is 28.2 Å². The first-order valence-electron chi connectivity index (χ1n) is 7.03. The van der Waals surface area contributed by atoms with Gasteiger partial charge in [0, 0.05) is 5.56 Å². The molecule has 2 aromatic rings. The standard InChI is InChI=1S/C15H19Cl2N3O2/c1-9(2)22-8-12(21)7-20-15(18-10(3)19-20)11-4-5-13(16)14(17)6-11/h4-6,9,12,21H,7-8H2,1-3H3. The maximum atomic E-state index is 10.1. The Morgan fingerprint density at radius 2 is 2.00 bits per heavy atom. The molecule has 1 aromatic carbocycles. The molecule has 0 amide bonds. The number of rotatable bonds is 6. The molecule has 1 aromatic heterocycles. The lowest BCUT2D eigenvalue weighted by Gasteiger charge is -2.14. The Labute approximate surface area is 139 Å². The molecule has 0 spiro atoms. The molecule has 0 fully saturated rings. The average Bonchev–Trinajstić information content (AvgIpc) is 2.80. The van der Waals surface area contributed by atoms with Gasteiger partial charge < -0.3 is 9.84 Å². The number of aryl methyl sites for hydroxylation is 1. The van der Waals surface area contributed by atoms with Crippen LogP contribution in [-0.2, 0) is 11.3 Å². The molecule has 0 aliphatic carbocycles. The van der Waals surface area contributed by atoms with Crippen LogP contribution in [0.2, 0.25) is 10.0 Å². The summed E-state index contributed by atoms with van der Waals surface area (Å²) >= 11 is 12.0. The van der Waals surface area contributed by atoms with Crippen molar-refractivity contribution >= 4 is 23.2 Å². The number of ether oxygens (including phenoxy) is 1. The zero-order chi connectivity index (χ0) is 16.3. The maximum absolute atomic E-state index is 10.1.